The molecule has 0 aromatic heterocycles. The second-order valence-electron chi connectivity index (χ2n) is 6.33. The maximum Gasteiger partial charge on any atom is 0.238 e. The molecule has 2 aromatic carbocycles. The molecule has 3 nitrogen and oxygen atoms in total. The fourth-order valence-corrected chi connectivity index (χ4v) is 3.33. The second kappa shape index (κ2) is 6.97. The number of rotatable bonds is 4. The van der Waals surface area contributed by atoms with Crippen LogP contribution in [0.5, 0.6) is 0 Å². The highest BCUT2D eigenvalue weighted by atomic mass is 16.2. The van der Waals surface area contributed by atoms with Crippen LogP contribution in [0.4, 0.5) is 5.69 Å². The number of aryl methyl sites for hydroxylation is 1. The van der Waals surface area contributed by atoms with E-state index in [2.05, 4.69) is 47.5 Å². The van der Waals surface area contributed by atoms with Gasteiger partial charge in [0.2, 0.25) is 5.91 Å². The summed E-state index contributed by atoms with van der Waals surface area (Å²) in [6.07, 6.45) is 2.27. The maximum atomic E-state index is 12.5. The van der Waals surface area contributed by atoms with Gasteiger partial charge in [0.15, 0.2) is 0 Å². The van der Waals surface area contributed by atoms with Crippen molar-refractivity contribution in [2.24, 2.45) is 0 Å². The van der Waals surface area contributed by atoms with Crippen LogP contribution in [0.1, 0.15) is 35.6 Å². The van der Waals surface area contributed by atoms with E-state index in [-0.39, 0.29) is 5.91 Å². The Bertz CT molecular complexity index is 681. The lowest BCUT2D eigenvalue weighted by atomic mass is 10.0. The summed E-state index contributed by atoms with van der Waals surface area (Å²) in [5.41, 5.74) is 4.57. The van der Waals surface area contributed by atoms with E-state index in [0.717, 1.165) is 30.6 Å². The molecule has 23 heavy (non-hydrogen) atoms. The van der Waals surface area contributed by atoms with Gasteiger partial charge in [0, 0.05) is 11.7 Å². The van der Waals surface area contributed by atoms with Crippen molar-refractivity contribution in [1.29, 1.82) is 0 Å². The first-order chi connectivity index (χ1) is 11.1. The molecule has 1 N–H and O–H groups in total. The van der Waals surface area contributed by atoms with Crippen molar-refractivity contribution < 1.29 is 4.79 Å². The van der Waals surface area contributed by atoms with Gasteiger partial charge in [0.25, 0.3) is 0 Å². The summed E-state index contributed by atoms with van der Waals surface area (Å²) in [4.78, 5) is 14.7. The topological polar surface area (TPSA) is 32.3 Å². The Kier molecular flexibility index (Phi) is 4.77. The molecule has 3 rings (SSSR count). The zero-order chi connectivity index (χ0) is 16.2. The molecule has 1 fully saturated rings. The van der Waals surface area contributed by atoms with Gasteiger partial charge in [0.05, 0.1) is 6.54 Å². The van der Waals surface area contributed by atoms with Crippen LogP contribution in [-0.2, 0) is 4.79 Å². The molecule has 1 atom stereocenters. The summed E-state index contributed by atoms with van der Waals surface area (Å²) in [5.74, 6) is 0.0709. The lowest BCUT2D eigenvalue weighted by Gasteiger charge is -2.24. The van der Waals surface area contributed by atoms with E-state index in [9.17, 15) is 4.79 Å². The SMILES string of the molecule is Cc1cccc(NC(=O)CN2CCC[C@H]2c2ccccc2)c1C. The molecular weight excluding hydrogens is 284 g/mol. The fraction of sp³-hybridized carbons (Fsp3) is 0.350. The average molecular weight is 308 g/mol. The minimum atomic E-state index is 0.0709. The van der Waals surface area contributed by atoms with Crippen molar-refractivity contribution in [3.63, 3.8) is 0 Å². The van der Waals surface area contributed by atoms with E-state index in [0.29, 0.717) is 12.6 Å². The monoisotopic (exact) mass is 308 g/mol. The van der Waals surface area contributed by atoms with Crippen LogP contribution >= 0.6 is 0 Å². The van der Waals surface area contributed by atoms with Crippen LogP contribution in [0.3, 0.4) is 0 Å². The third kappa shape index (κ3) is 3.62. The molecule has 1 aliphatic rings. The number of anilines is 1. The Morgan fingerprint density at radius 3 is 2.70 bits per heavy atom. The first-order valence-electron chi connectivity index (χ1n) is 8.30. The molecular formula is C20H24N2O. The van der Waals surface area contributed by atoms with Crippen molar-refractivity contribution in [2.45, 2.75) is 32.7 Å². The normalized spacial score (nSPS) is 18.1. The quantitative estimate of drug-likeness (QED) is 0.923. The van der Waals surface area contributed by atoms with Gasteiger partial charge < -0.3 is 5.32 Å². The minimum Gasteiger partial charge on any atom is -0.325 e. The Morgan fingerprint density at radius 1 is 1.13 bits per heavy atom. The predicted molar refractivity (Wildman–Crippen MR) is 94.5 cm³/mol. The molecule has 0 aliphatic carbocycles. The van der Waals surface area contributed by atoms with E-state index in [1.807, 2.05) is 25.1 Å². The second-order valence-corrected chi connectivity index (χ2v) is 6.33. The first-order valence-corrected chi connectivity index (χ1v) is 8.30. The van der Waals surface area contributed by atoms with Gasteiger partial charge in [-0.25, -0.2) is 0 Å². The number of benzene rings is 2. The highest BCUT2D eigenvalue weighted by Crippen LogP contribution is 2.31. The molecule has 1 heterocycles. The Morgan fingerprint density at radius 2 is 1.91 bits per heavy atom. The van der Waals surface area contributed by atoms with Gasteiger partial charge in [-0.15, -0.1) is 0 Å². The van der Waals surface area contributed by atoms with Gasteiger partial charge in [-0.3, -0.25) is 9.69 Å². The zero-order valence-electron chi connectivity index (χ0n) is 13.9. The first kappa shape index (κ1) is 15.8. The predicted octanol–water partition coefficient (Wildman–Crippen LogP) is 4.08. The fourth-order valence-electron chi connectivity index (χ4n) is 3.33. The van der Waals surface area contributed by atoms with Crippen molar-refractivity contribution in [3.8, 4) is 0 Å². The number of nitrogens with zero attached hydrogens (tertiary/aromatic N) is 1. The molecule has 1 aliphatic heterocycles. The van der Waals surface area contributed by atoms with Gasteiger partial charge in [-0.1, -0.05) is 42.5 Å². The number of nitrogens with one attached hydrogen (secondary N) is 1. The van der Waals surface area contributed by atoms with E-state index in [1.165, 1.54) is 11.1 Å². The van der Waals surface area contributed by atoms with Gasteiger partial charge in [-0.05, 0) is 56.0 Å². The van der Waals surface area contributed by atoms with E-state index in [4.69, 9.17) is 0 Å². The summed E-state index contributed by atoms with van der Waals surface area (Å²) >= 11 is 0. The summed E-state index contributed by atoms with van der Waals surface area (Å²) in [7, 11) is 0. The molecule has 0 bridgehead atoms. The van der Waals surface area contributed by atoms with Gasteiger partial charge in [0.1, 0.15) is 0 Å². The van der Waals surface area contributed by atoms with Crippen LogP contribution < -0.4 is 5.32 Å². The summed E-state index contributed by atoms with van der Waals surface area (Å²) in [5, 5.41) is 3.07. The average Bonchev–Trinajstić information content (AvgIpc) is 3.00. The lowest BCUT2D eigenvalue weighted by Crippen LogP contribution is -2.33. The standard InChI is InChI=1S/C20H24N2O/c1-15-8-6-11-18(16(15)2)21-20(23)14-22-13-7-12-19(22)17-9-4-3-5-10-17/h3-6,8-11,19H,7,12-14H2,1-2H3,(H,21,23)/t19-/m0/s1. The van der Waals surface area contributed by atoms with Crippen molar-refractivity contribution in [2.75, 3.05) is 18.4 Å². The molecule has 2 aromatic rings. The molecule has 3 heteroatoms. The summed E-state index contributed by atoms with van der Waals surface area (Å²) < 4.78 is 0. The summed E-state index contributed by atoms with van der Waals surface area (Å²) in [6, 6.07) is 16.9. The zero-order valence-corrected chi connectivity index (χ0v) is 13.9. The number of likely N-dealkylation sites (tertiary alicyclic amines) is 1. The Hall–Kier alpha value is -2.13. The highest BCUT2D eigenvalue weighted by Gasteiger charge is 2.27. The molecule has 1 amide bonds. The summed E-state index contributed by atoms with van der Waals surface area (Å²) in [6.45, 7) is 5.55. The van der Waals surface area contributed by atoms with Gasteiger partial charge in [-0.2, -0.15) is 0 Å². The number of amides is 1. The highest BCUT2D eigenvalue weighted by molar-refractivity contribution is 5.93. The van der Waals surface area contributed by atoms with Crippen LogP contribution in [0, 0.1) is 13.8 Å². The molecule has 0 saturated carbocycles. The Balaban J connectivity index is 1.66. The smallest absolute Gasteiger partial charge is 0.238 e. The van der Waals surface area contributed by atoms with Crippen LogP contribution in [0.2, 0.25) is 0 Å². The molecule has 120 valence electrons. The van der Waals surface area contributed by atoms with E-state index >= 15 is 0 Å². The third-order valence-electron chi connectivity index (χ3n) is 4.77. The lowest BCUT2D eigenvalue weighted by molar-refractivity contribution is -0.117. The van der Waals surface area contributed by atoms with Crippen molar-refractivity contribution >= 4 is 11.6 Å². The van der Waals surface area contributed by atoms with Crippen LogP contribution in [0.25, 0.3) is 0 Å². The molecule has 0 unspecified atom stereocenters. The molecule has 1 saturated heterocycles. The number of hydrogen-bond acceptors (Lipinski definition) is 2. The van der Waals surface area contributed by atoms with Crippen LogP contribution in [0.15, 0.2) is 48.5 Å². The minimum absolute atomic E-state index is 0.0709. The Labute approximate surface area is 138 Å². The van der Waals surface area contributed by atoms with Crippen LogP contribution in [-0.4, -0.2) is 23.9 Å². The number of carbonyl (C=O) groups is 1. The molecule has 0 spiro atoms. The van der Waals surface area contributed by atoms with Gasteiger partial charge >= 0.3 is 0 Å². The number of carbonyl (C=O) groups excluding carboxylic acids is 1. The van der Waals surface area contributed by atoms with E-state index in [1.54, 1.807) is 0 Å². The van der Waals surface area contributed by atoms with Crippen molar-refractivity contribution in [1.82, 2.24) is 4.90 Å². The third-order valence-corrected chi connectivity index (χ3v) is 4.77. The molecule has 0 radical (unpaired) electrons. The number of hydrogen-bond donors (Lipinski definition) is 1. The largest absolute Gasteiger partial charge is 0.325 e. The van der Waals surface area contributed by atoms with E-state index < -0.39 is 0 Å². The van der Waals surface area contributed by atoms with Crippen molar-refractivity contribution in [3.05, 3.63) is 65.2 Å². The maximum absolute atomic E-state index is 12.5.